The summed E-state index contributed by atoms with van der Waals surface area (Å²) in [5.41, 5.74) is 0. The fourth-order valence-electron chi connectivity index (χ4n) is 0.219. The van der Waals surface area contributed by atoms with Gasteiger partial charge in [0, 0.05) is 4.92 Å². The molecule has 0 heterocycles. The number of rotatable bonds is 3. The van der Waals surface area contributed by atoms with Gasteiger partial charge in [0.05, 0.1) is 0 Å². The molecule has 0 radical (unpaired) electrons. The first-order valence-corrected chi connectivity index (χ1v) is 2.06. The van der Waals surface area contributed by atoms with Gasteiger partial charge in [0.1, 0.15) is 0 Å². The lowest BCUT2D eigenvalue weighted by Crippen LogP contribution is -2.27. The number of aliphatic hydroxyl groups excluding tert-OH is 1. The number of aliphatic hydroxyl groups is 1. The molecule has 0 aromatic carbocycles. The summed E-state index contributed by atoms with van der Waals surface area (Å²) < 4.78 is 0. The number of hydrogen-bond donors (Lipinski definition) is 2. The summed E-state index contributed by atoms with van der Waals surface area (Å²) in [6.07, 6.45) is -1.89. The molecule has 0 amide bonds. The molecule has 0 aliphatic rings. The second-order valence-electron chi connectivity index (χ2n) is 1.37. The monoisotopic (exact) mass is 135 g/mol. The summed E-state index contributed by atoms with van der Waals surface area (Å²) >= 11 is 0. The number of carbonyl (C=O) groups is 1. The van der Waals surface area contributed by atoms with Crippen LogP contribution in [-0.2, 0) is 4.79 Å². The molecular weight excluding hydrogens is 130 g/mol. The van der Waals surface area contributed by atoms with Gasteiger partial charge in [-0.25, -0.2) is 4.79 Å². The second-order valence-corrected chi connectivity index (χ2v) is 1.37. The topological polar surface area (TPSA) is 101 Å². The summed E-state index contributed by atoms with van der Waals surface area (Å²) in [5.74, 6) is -1.58. The maximum absolute atomic E-state index is 9.68. The Balaban J connectivity index is 3.63. The fourth-order valence-corrected chi connectivity index (χ4v) is 0.219. The van der Waals surface area contributed by atoms with Crippen molar-refractivity contribution >= 4 is 5.97 Å². The lowest BCUT2D eigenvalue weighted by molar-refractivity contribution is -0.487. The Morgan fingerprint density at radius 2 is 2.22 bits per heavy atom. The zero-order valence-electron chi connectivity index (χ0n) is 4.35. The number of nitro groups is 1. The van der Waals surface area contributed by atoms with Crippen molar-refractivity contribution in [2.75, 3.05) is 6.54 Å². The highest BCUT2D eigenvalue weighted by Gasteiger charge is 2.18. The Morgan fingerprint density at radius 1 is 1.78 bits per heavy atom. The van der Waals surface area contributed by atoms with E-state index in [1.54, 1.807) is 0 Å². The minimum absolute atomic E-state index is 0.890. The van der Waals surface area contributed by atoms with Gasteiger partial charge in [-0.2, -0.15) is 0 Å². The van der Waals surface area contributed by atoms with E-state index in [2.05, 4.69) is 0 Å². The van der Waals surface area contributed by atoms with Crippen molar-refractivity contribution in [3.8, 4) is 0 Å². The molecule has 0 fully saturated rings. The summed E-state index contributed by atoms with van der Waals surface area (Å²) in [4.78, 5) is 18.3. The largest absolute Gasteiger partial charge is 0.479 e. The van der Waals surface area contributed by atoms with E-state index in [1.165, 1.54) is 0 Å². The van der Waals surface area contributed by atoms with E-state index in [1.807, 2.05) is 0 Å². The molecule has 6 nitrogen and oxygen atoms in total. The van der Waals surface area contributed by atoms with Crippen molar-refractivity contribution < 1.29 is 19.9 Å². The van der Waals surface area contributed by atoms with Gasteiger partial charge in [0.2, 0.25) is 12.6 Å². The highest BCUT2D eigenvalue weighted by atomic mass is 16.6. The van der Waals surface area contributed by atoms with E-state index in [0.29, 0.717) is 0 Å². The Hall–Kier alpha value is -1.17. The Labute approximate surface area is 49.9 Å². The van der Waals surface area contributed by atoms with E-state index < -0.39 is 23.5 Å². The first-order chi connectivity index (χ1) is 4.04. The molecule has 0 bridgehead atoms. The third-order valence-corrected chi connectivity index (χ3v) is 0.607. The molecule has 0 aromatic rings. The maximum atomic E-state index is 9.68. The van der Waals surface area contributed by atoms with E-state index in [-0.39, 0.29) is 0 Å². The lowest BCUT2D eigenvalue weighted by Gasteiger charge is -1.95. The SMILES string of the molecule is O=C(O)[C@@H](O)C[N+](=O)[O-]. The van der Waals surface area contributed by atoms with Crippen molar-refractivity contribution in [1.82, 2.24) is 0 Å². The maximum Gasteiger partial charge on any atom is 0.339 e. The average molecular weight is 135 g/mol. The van der Waals surface area contributed by atoms with Crippen LogP contribution in [0.15, 0.2) is 0 Å². The van der Waals surface area contributed by atoms with Crippen LogP contribution in [0.1, 0.15) is 0 Å². The molecule has 0 saturated carbocycles. The Bertz CT molecular complexity index is 132. The quantitative estimate of drug-likeness (QED) is 0.370. The number of carboxylic acids is 1. The predicted molar refractivity (Wildman–Crippen MR) is 25.5 cm³/mol. The van der Waals surface area contributed by atoms with Gasteiger partial charge in [0.25, 0.3) is 0 Å². The molecule has 0 rings (SSSR count). The minimum Gasteiger partial charge on any atom is -0.479 e. The molecule has 0 aliphatic carbocycles. The number of nitrogens with zero attached hydrogens (tertiary/aromatic N) is 1. The number of hydrogen-bond acceptors (Lipinski definition) is 4. The Morgan fingerprint density at radius 3 is 2.33 bits per heavy atom. The molecular formula is C3H5NO5. The first kappa shape index (κ1) is 7.83. The van der Waals surface area contributed by atoms with Gasteiger partial charge in [-0.3, -0.25) is 10.1 Å². The van der Waals surface area contributed by atoms with E-state index in [0.717, 1.165) is 0 Å². The van der Waals surface area contributed by atoms with E-state index in [9.17, 15) is 14.9 Å². The van der Waals surface area contributed by atoms with Crippen LogP contribution >= 0.6 is 0 Å². The number of carboxylic acid groups (broad SMARTS) is 1. The van der Waals surface area contributed by atoms with Crippen LogP contribution in [0.5, 0.6) is 0 Å². The molecule has 0 unspecified atom stereocenters. The first-order valence-electron chi connectivity index (χ1n) is 2.06. The molecule has 9 heavy (non-hydrogen) atoms. The normalized spacial score (nSPS) is 12.6. The molecule has 52 valence electrons. The van der Waals surface area contributed by atoms with E-state index in [4.69, 9.17) is 10.2 Å². The zero-order chi connectivity index (χ0) is 7.44. The van der Waals surface area contributed by atoms with Crippen LogP contribution in [0.25, 0.3) is 0 Å². The molecule has 0 saturated heterocycles. The van der Waals surface area contributed by atoms with Gasteiger partial charge in [-0.05, 0) is 0 Å². The third kappa shape index (κ3) is 3.42. The second kappa shape index (κ2) is 2.98. The van der Waals surface area contributed by atoms with Gasteiger partial charge >= 0.3 is 5.97 Å². The van der Waals surface area contributed by atoms with Crippen LogP contribution in [0.2, 0.25) is 0 Å². The molecule has 6 heteroatoms. The smallest absolute Gasteiger partial charge is 0.339 e. The van der Waals surface area contributed by atoms with Crippen molar-refractivity contribution in [3.63, 3.8) is 0 Å². The van der Waals surface area contributed by atoms with Gasteiger partial charge in [0.15, 0.2) is 0 Å². The molecule has 0 aromatic heterocycles. The highest BCUT2D eigenvalue weighted by Crippen LogP contribution is 1.81. The molecule has 1 atom stereocenters. The van der Waals surface area contributed by atoms with Crippen LogP contribution in [0.4, 0.5) is 0 Å². The summed E-state index contributed by atoms with van der Waals surface area (Å²) in [6, 6.07) is 0. The van der Waals surface area contributed by atoms with Crippen LogP contribution in [0.3, 0.4) is 0 Å². The average Bonchev–Trinajstić information content (AvgIpc) is 1.63. The van der Waals surface area contributed by atoms with Crippen LogP contribution in [0, 0.1) is 10.1 Å². The molecule has 0 aliphatic heterocycles. The van der Waals surface area contributed by atoms with Crippen LogP contribution in [-0.4, -0.2) is 33.8 Å². The van der Waals surface area contributed by atoms with E-state index >= 15 is 0 Å². The van der Waals surface area contributed by atoms with Crippen molar-refractivity contribution in [2.24, 2.45) is 0 Å². The minimum atomic E-state index is -1.89. The van der Waals surface area contributed by atoms with Crippen molar-refractivity contribution in [1.29, 1.82) is 0 Å². The summed E-state index contributed by atoms with van der Waals surface area (Å²) in [7, 11) is 0. The number of aliphatic carboxylic acids is 1. The van der Waals surface area contributed by atoms with Crippen molar-refractivity contribution in [2.45, 2.75) is 6.10 Å². The Kier molecular flexibility index (Phi) is 2.59. The molecule has 0 spiro atoms. The van der Waals surface area contributed by atoms with Crippen molar-refractivity contribution in [3.05, 3.63) is 10.1 Å². The highest BCUT2D eigenvalue weighted by molar-refractivity contribution is 5.71. The predicted octanol–water partition coefficient (Wildman–Crippen LogP) is -1.29. The van der Waals surface area contributed by atoms with Gasteiger partial charge < -0.3 is 10.2 Å². The third-order valence-electron chi connectivity index (χ3n) is 0.607. The van der Waals surface area contributed by atoms with Gasteiger partial charge in [-0.1, -0.05) is 0 Å². The van der Waals surface area contributed by atoms with Crippen LogP contribution < -0.4 is 0 Å². The summed E-state index contributed by atoms with van der Waals surface area (Å²) in [5, 5.41) is 25.6. The fraction of sp³-hybridized carbons (Fsp3) is 0.667. The summed E-state index contributed by atoms with van der Waals surface area (Å²) in [6.45, 7) is -0.949. The lowest BCUT2D eigenvalue weighted by atomic mass is 10.4. The molecule has 2 N–H and O–H groups in total. The standard InChI is InChI=1S/C3H5NO5/c5-2(3(6)7)1-4(8)9/h2,5H,1H2,(H,6,7)/t2-/m0/s1. The van der Waals surface area contributed by atoms with Gasteiger partial charge in [-0.15, -0.1) is 0 Å². The zero-order valence-corrected chi connectivity index (χ0v) is 4.35.